The average Bonchev–Trinajstić information content (AvgIpc) is 3.48. The van der Waals surface area contributed by atoms with Gasteiger partial charge in [-0.1, -0.05) is 25.1 Å². The summed E-state index contributed by atoms with van der Waals surface area (Å²) in [5, 5.41) is 1.57. The highest BCUT2D eigenvalue weighted by Gasteiger charge is 2.60. The van der Waals surface area contributed by atoms with Gasteiger partial charge in [-0.2, -0.15) is 0 Å². The summed E-state index contributed by atoms with van der Waals surface area (Å²) in [7, 11) is 2.88. The van der Waals surface area contributed by atoms with Gasteiger partial charge in [0.05, 0.1) is 38.2 Å². The summed E-state index contributed by atoms with van der Waals surface area (Å²) in [4.78, 5) is 46.7. The molecular weight excluding hydrogens is 516 g/mol. The van der Waals surface area contributed by atoms with Crippen LogP contribution in [0.1, 0.15) is 31.9 Å². The fourth-order valence-corrected chi connectivity index (χ4v) is 5.03. The zero-order valence-electron chi connectivity index (χ0n) is 22.7. The fraction of sp³-hybridized carbons (Fsp3) is 0.300. The Hall–Kier alpha value is -4.57. The molecule has 2 aliphatic rings. The van der Waals surface area contributed by atoms with Crippen LogP contribution in [0, 0.1) is 5.92 Å². The second kappa shape index (κ2) is 11.3. The van der Waals surface area contributed by atoms with Gasteiger partial charge in [-0.3, -0.25) is 19.2 Å². The molecule has 0 radical (unpaired) electrons. The van der Waals surface area contributed by atoms with Gasteiger partial charge >= 0.3 is 5.97 Å². The number of nitrogens with zero attached hydrogens (tertiary/aromatic N) is 2. The number of methoxy groups -OCH3 is 2. The van der Waals surface area contributed by atoms with E-state index in [1.54, 1.807) is 41.5 Å². The first-order valence-corrected chi connectivity index (χ1v) is 12.9. The topological polar surface area (TPSA) is 104 Å². The van der Waals surface area contributed by atoms with Crippen LogP contribution < -0.4 is 28.9 Å². The van der Waals surface area contributed by atoms with Crippen molar-refractivity contribution in [3.8, 4) is 23.0 Å². The van der Waals surface area contributed by atoms with E-state index < -0.39 is 35.8 Å². The molecule has 40 heavy (non-hydrogen) atoms. The highest BCUT2D eigenvalue weighted by molar-refractivity contribution is 6.24. The fourth-order valence-electron chi connectivity index (χ4n) is 5.03. The molecule has 0 spiro atoms. The largest absolute Gasteiger partial charge is 0.494 e. The molecule has 3 aromatic carbocycles. The number of imide groups is 1. The molecule has 5 rings (SSSR count). The Morgan fingerprint density at radius 3 is 2.12 bits per heavy atom. The molecule has 0 saturated carbocycles. The van der Waals surface area contributed by atoms with Gasteiger partial charge in [-0.15, -0.1) is 0 Å². The maximum Gasteiger partial charge on any atom is 0.308 e. The third-order valence-corrected chi connectivity index (χ3v) is 6.76. The van der Waals surface area contributed by atoms with Crippen molar-refractivity contribution in [2.45, 2.75) is 32.4 Å². The van der Waals surface area contributed by atoms with Gasteiger partial charge in [0.2, 0.25) is 11.7 Å². The summed E-state index contributed by atoms with van der Waals surface area (Å²) < 4.78 is 22.0. The molecule has 0 N–H and O–H groups in total. The number of fused-ring (bicyclic) bond motifs is 1. The normalized spacial score (nSPS) is 19.9. The van der Waals surface area contributed by atoms with Crippen LogP contribution in [-0.4, -0.2) is 44.7 Å². The molecule has 10 heteroatoms. The highest BCUT2D eigenvalue weighted by atomic mass is 16.7. The molecule has 2 amide bonds. The standard InChI is InChI=1S/C30H30N2O8/c1-5-15-38-22-13-11-20(12-14-22)31-29(34)25-26(32(40-28(25)30(31)35)21-9-7-6-8-10-21)19-16-23(36-3)27(39-18(2)33)24(17-19)37-4/h6-14,16-17,25-26,28H,5,15H2,1-4H3/t25-,26+,28-/m0/s1. The number of benzene rings is 3. The van der Waals surface area contributed by atoms with Crippen molar-refractivity contribution in [3.63, 3.8) is 0 Å². The van der Waals surface area contributed by atoms with Crippen LogP contribution in [0.5, 0.6) is 23.0 Å². The minimum Gasteiger partial charge on any atom is -0.494 e. The molecule has 3 aromatic rings. The monoisotopic (exact) mass is 546 g/mol. The van der Waals surface area contributed by atoms with E-state index in [2.05, 4.69) is 0 Å². The molecule has 3 atom stereocenters. The van der Waals surface area contributed by atoms with Crippen molar-refractivity contribution in [1.29, 1.82) is 0 Å². The molecular formula is C30H30N2O8. The number of anilines is 2. The van der Waals surface area contributed by atoms with Crippen molar-refractivity contribution < 1.29 is 38.2 Å². The van der Waals surface area contributed by atoms with Gasteiger partial charge < -0.3 is 18.9 Å². The smallest absolute Gasteiger partial charge is 0.308 e. The zero-order chi connectivity index (χ0) is 28.4. The van der Waals surface area contributed by atoms with Crippen molar-refractivity contribution >= 4 is 29.2 Å². The van der Waals surface area contributed by atoms with Crippen molar-refractivity contribution in [1.82, 2.24) is 0 Å². The van der Waals surface area contributed by atoms with Gasteiger partial charge in [0, 0.05) is 6.92 Å². The molecule has 0 aliphatic carbocycles. The second-order valence-corrected chi connectivity index (χ2v) is 9.36. The van der Waals surface area contributed by atoms with Gasteiger partial charge in [0.15, 0.2) is 17.6 Å². The number of carbonyl (C=O) groups excluding carboxylic acids is 3. The van der Waals surface area contributed by atoms with E-state index in [0.717, 1.165) is 11.3 Å². The number of amides is 2. The first-order chi connectivity index (χ1) is 19.4. The molecule has 0 aromatic heterocycles. The highest BCUT2D eigenvalue weighted by Crippen LogP contribution is 2.50. The molecule has 208 valence electrons. The molecule has 10 nitrogen and oxygen atoms in total. The number of hydroxylamine groups is 1. The minimum absolute atomic E-state index is 0.115. The molecule has 2 fully saturated rings. The quantitative estimate of drug-likeness (QED) is 0.218. The predicted octanol–water partition coefficient (Wildman–Crippen LogP) is 4.47. The minimum atomic E-state index is -1.06. The van der Waals surface area contributed by atoms with E-state index in [1.807, 2.05) is 37.3 Å². The molecule has 2 saturated heterocycles. The third kappa shape index (κ3) is 4.82. The van der Waals surface area contributed by atoms with E-state index in [9.17, 15) is 14.4 Å². The van der Waals surface area contributed by atoms with E-state index >= 15 is 0 Å². The van der Waals surface area contributed by atoms with Crippen LogP contribution in [0.25, 0.3) is 0 Å². The van der Waals surface area contributed by atoms with Gasteiger partial charge in [-0.05, 0) is 60.5 Å². The average molecular weight is 547 g/mol. The Labute approximate surface area is 231 Å². The lowest BCUT2D eigenvalue weighted by Crippen LogP contribution is -2.37. The van der Waals surface area contributed by atoms with Crippen LogP contribution in [0.3, 0.4) is 0 Å². The number of rotatable bonds is 9. The first-order valence-electron chi connectivity index (χ1n) is 12.9. The summed E-state index contributed by atoms with van der Waals surface area (Å²) in [5.74, 6) is -1.05. The number of hydrogen-bond acceptors (Lipinski definition) is 9. The van der Waals surface area contributed by atoms with Crippen LogP contribution >= 0.6 is 0 Å². The van der Waals surface area contributed by atoms with Crippen LogP contribution in [0.15, 0.2) is 66.7 Å². The number of carbonyl (C=O) groups is 3. The lowest BCUT2D eigenvalue weighted by atomic mass is 9.90. The second-order valence-electron chi connectivity index (χ2n) is 9.36. The molecule has 2 aliphatic heterocycles. The maximum absolute atomic E-state index is 14.0. The van der Waals surface area contributed by atoms with E-state index in [4.69, 9.17) is 23.8 Å². The van der Waals surface area contributed by atoms with Crippen molar-refractivity contribution in [2.75, 3.05) is 30.8 Å². The number of ether oxygens (including phenoxy) is 4. The first kappa shape index (κ1) is 27.0. The Morgan fingerprint density at radius 1 is 0.900 bits per heavy atom. The molecule has 0 unspecified atom stereocenters. The molecule has 2 heterocycles. The Morgan fingerprint density at radius 2 is 1.55 bits per heavy atom. The summed E-state index contributed by atoms with van der Waals surface area (Å²) >= 11 is 0. The van der Waals surface area contributed by atoms with E-state index in [0.29, 0.717) is 29.3 Å². The summed E-state index contributed by atoms with van der Waals surface area (Å²) in [6.45, 7) is 3.86. The van der Waals surface area contributed by atoms with E-state index in [-0.39, 0.29) is 17.2 Å². The van der Waals surface area contributed by atoms with Crippen LogP contribution in [0.4, 0.5) is 11.4 Å². The Balaban J connectivity index is 1.57. The van der Waals surface area contributed by atoms with Gasteiger partial charge in [-0.25, -0.2) is 9.96 Å². The summed E-state index contributed by atoms with van der Waals surface area (Å²) in [5.41, 5.74) is 1.67. The zero-order valence-corrected chi connectivity index (χ0v) is 22.7. The van der Waals surface area contributed by atoms with Crippen LogP contribution in [0.2, 0.25) is 0 Å². The number of para-hydroxylation sites is 1. The summed E-state index contributed by atoms with van der Waals surface area (Å²) in [6, 6.07) is 18.6. The lowest BCUT2D eigenvalue weighted by molar-refractivity contribution is -0.132. The van der Waals surface area contributed by atoms with Crippen LogP contribution in [-0.2, 0) is 19.2 Å². The third-order valence-electron chi connectivity index (χ3n) is 6.76. The maximum atomic E-state index is 14.0. The number of esters is 1. The molecule has 0 bridgehead atoms. The van der Waals surface area contributed by atoms with Crippen molar-refractivity contribution in [3.05, 3.63) is 72.3 Å². The van der Waals surface area contributed by atoms with Gasteiger partial charge in [0.25, 0.3) is 5.91 Å². The SMILES string of the molecule is CCCOc1ccc(N2C(=O)[C@@H]3[C@H](ON(c4ccccc4)[C@@H]3c3cc(OC)c(OC(C)=O)c(OC)c3)C2=O)cc1. The predicted molar refractivity (Wildman–Crippen MR) is 146 cm³/mol. The van der Waals surface area contributed by atoms with Gasteiger partial charge in [0.1, 0.15) is 11.7 Å². The Bertz CT molecular complexity index is 1380. The van der Waals surface area contributed by atoms with Crippen molar-refractivity contribution in [2.24, 2.45) is 5.92 Å². The number of hydrogen-bond donors (Lipinski definition) is 0. The Kier molecular flexibility index (Phi) is 7.61. The summed E-state index contributed by atoms with van der Waals surface area (Å²) in [6.07, 6.45) is -0.193. The van der Waals surface area contributed by atoms with E-state index in [1.165, 1.54) is 21.1 Å². The lowest BCUT2D eigenvalue weighted by Gasteiger charge is -2.29.